The Balaban J connectivity index is 1.76. The molecule has 0 fully saturated rings. The molecule has 0 unspecified atom stereocenters. The van der Waals surface area contributed by atoms with E-state index < -0.39 is 5.91 Å². The van der Waals surface area contributed by atoms with E-state index in [9.17, 15) is 4.79 Å². The largest absolute Gasteiger partial charge is 0.323 e. The lowest BCUT2D eigenvalue weighted by atomic mass is 10.2. The van der Waals surface area contributed by atoms with Gasteiger partial charge < -0.3 is 10.6 Å². The van der Waals surface area contributed by atoms with Crippen LogP contribution in [0.4, 0.5) is 17.3 Å². The molecule has 3 aromatic rings. The van der Waals surface area contributed by atoms with Crippen LogP contribution in [0.2, 0.25) is 10.0 Å². The molecule has 0 aliphatic carbocycles. The molecule has 0 spiro atoms. The number of nitrogens with zero attached hydrogens (tertiary/aromatic N) is 3. The van der Waals surface area contributed by atoms with Gasteiger partial charge in [0.05, 0.1) is 22.3 Å². The smallest absolute Gasteiger partial charge is 0.274 e. The van der Waals surface area contributed by atoms with E-state index in [2.05, 4.69) is 20.6 Å². The monoisotopic (exact) mass is 383 g/mol. The minimum atomic E-state index is -0.405. The van der Waals surface area contributed by atoms with E-state index in [1.165, 1.54) is 12.3 Å². The predicted molar refractivity (Wildman–Crippen MR) is 101 cm³/mol. The second kappa shape index (κ2) is 7.83. The SMILES string of the molecule is N#Cc1ccc(NC(=O)c2ccnc(Nc3cc(Cl)ccc3Cl)n2)cc1. The van der Waals surface area contributed by atoms with Crippen molar-refractivity contribution in [1.29, 1.82) is 5.26 Å². The average Bonchev–Trinajstić information content (AvgIpc) is 2.65. The Morgan fingerprint density at radius 3 is 2.58 bits per heavy atom. The Morgan fingerprint density at radius 1 is 1.08 bits per heavy atom. The topological polar surface area (TPSA) is 90.7 Å². The molecule has 26 heavy (non-hydrogen) atoms. The van der Waals surface area contributed by atoms with Crippen molar-refractivity contribution in [2.24, 2.45) is 0 Å². The number of nitrogens with one attached hydrogen (secondary N) is 2. The van der Waals surface area contributed by atoms with Crippen LogP contribution in [0.25, 0.3) is 0 Å². The zero-order valence-electron chi connectivity index (χ0n) is 13.2. The third-order valence-electron chi connectivity index (χ3n) is 3.33. The highest BCUT2D eigenvalue weighted by Crippen LogP contribution is 2.27. The number of amides is 1. The Kier molecular flexibility index (Phi) is 5.32. The molecule has 128 valence electrons. The first kappa shape index (κ1) is 17.7. The van der Waals surface area contributed by atoms with Gasteiger partial charge in [-0.2, -0.15) is 5.26 Å². The van der Waals surface area contributed by atoms with Gasteiger partial charge in [-0.1, -0.05) is 23.2 Å². The number of benzene rings is 2. The second-order valence-corrected chi connectivity index (χ2v) is 6.00. The normalized spacial score (nSPS) is 10.0. The van der Waals surface area contributed by atoms with Crippen LogP contribution >= 0.6 is 23.2 Å². The van der Waals surface area contributed by atoms with E-state index in [0.717, 1.165) is 0 Å². The van der Waals surface area contributed by atoms with E-state index in [-0.39, 0.29) is 11.6 Å². The molecule has 1 aromatic heterocycles. The van der Waals surface area contributed by atoms with Crippen molar-refractivity contribution in [3.05, 3.63) is 76.0 Å². The summed E-state index contributed by atoms with van der Waals surface area (Å²) in [4.78, 5) is 20.6. The molecule has 0 radical (unpaired) electrons. The third-order valence-corrected chi connectivity index (χ3v) is 3.90. The summed E-state index contributed by atoms with van der Waals surface area (Å²) in [7, 11) is 0. The van der Waals surface area contributed by atoms with Crippen LogP contribution in [-0.2, 0) is 0 Å². The van der Waals surface area contributed by atoms with Gasteiger partial charge in [-0.3, -0.25) is 4.79 Å². The summed E-state index contributed by atoms with van der Waals surface area (Å²) in [6, 6.07) is 15.0. The van der Waals surface area contributed by atoms with Crippen LogP contribution in [0.1, 0.15) is 16.1 Å². The van der Waals surface area contributed by atoms with E-state index >= 15 is 0 Å². The van der Waals surface area contributed by atoms with Gasteiger partial charge in [0.2, 0.25) is 5.95 Å². The van der Waals surface area contributed by atoms with Gasteiger partial charge in [0.25, 0.3) is 5.91 Å². The number of rotatable bonds is 4. The Morgan fingerprint density at radius 2 is 1.85 bits per heavy atom. The molecule has 1 heterocycles. The van der Waals surface area contributed by atoms with Crippen LogP contribution in [0.3, 0.4) is 0 Å². The molecule has 2 aromatic carbocycles. The number of aromatic nitrogens is 2. The number of carbonyl (C=O) groups is 1. The Hall–Kier alpha value is -3.14. The maximum atomic E-state index is 12.4. The Labute approximate surface area is 159 Å². The fraction of sp³-hybridized carbons (Fsp3) is 0. The van der Waals surface area contributed by atoms with Crippen molar-refractivity contribution < 1.29 is 4.79 Å². The van der Waals surface area contributed by atoms with Crippen molar-refractivity contribution in [2.45, 2.75) is 0 Å². The fourth-order valence-electron chi connectivity index (χ4n) is 2.08. The molecule has 0 aliphatic heterocycles. The third kappa shape index (κ3) is 4.28. The van der Waals surface area contributed by atoms with E-state index in [0.29, 0.717) is 27.0 Å². The van der Waals surface area contributed by atoms with E-state index in [1.807, 2.05) is 6.07 Å². The highest BCUT2D eigenvalue weighted by molar-refractivity contribution is 6.35. The number of hydrogen-bond donors (Lipinski definition) is 2. The summed E-state index contributed by atoms with van der Waals surface area (Å²) in [5.41, 5.74) is 1.77. The second-order valence-electron chi connectivity index (χ2n) is 5.16. The van der Waals surface area contributed by atoms with Gasteiger partial charge >= 0.3 is 0 Å². The minimum Gasteiger partial charge on any atom is -0.323 e. The summed E-state index contributed by atoms with van der Waals surface area (Å²) in [6.07, 6.45) is 1.46. The molecule has 1 amide bonds. The first-order valence-corrected chi connectivity index (χ1v) is 8.17. The maximum Gasteiger partial charge on any atom is 0.274 e. The van der Waals surface area contributed by atoms with Crippen LogP contribution in [0.15, 0.2) is 54.7 Å². The van der Waals surface area contributed by atoms with Gasteiger partial charge in [-0.05, 0) is 48.5 Å². The van der Waals surface area contributed by atoms with Crippen LogP contribution in [-0.4, -0.2) is 15.9 Å². The zero-order valence-corrected chi connectivity index (χ0v) is 14.7. The van der Waals surface area contributed by atoms with Crippen molar-refractivity contribution >= 4 is 46.4 Å². The molecule has 0 atom stereocenters. The first-order chi connectivity index (χ1) is 12.5. The van der Waals surface area contributed by atoms with Gasteiger partial charge in [-0.15, -0.1) is 0 Å². The maximum absolute atomic E-state index is 12.4. The summed E-state index contributed by atoms with van der Waals surface area (Å²) >= 11 is 12.1. The van der Waals surface area contributed by atoms with Gasteiger partial charge in [-0.25, -0.2) is 9.97 Å². The molecule has 2 N–H and O–H groups in total. The van der Waals surface area contributed by atoms with Crippen molar-refractivity contribution in [3.8, 4) is 6.07 Å². The first-order valence-electron chi connectivity index (χ1n) is 7.42. The molecule has 3 rings (SSSR count). The van der Waals surface area contributed by atoms with Gasteiger partial charge in [0.15, 0.2) is 0 Å². The molecule has 6 nitrogen and oxygen atoms in total. The van der Waals surface area contributed by atoms with Crippen molar-refractivity contribution in [2.75, 3.05) is 10.6 Å². The van der Waals surface area contributed by atoms with E-state index in [4.69, 9.17) is 28.5 Å². The fourth-order valence-corrected chi connectivity index (χ4v) is 2.42. The lowest BCUT2D eigenvalue weighted by molar-refractivity contribution is 0.102. The Bertz CT molecular complexity index is 999. The van der Waals surface area contributed by atoms with Gasteiger partial charge in [0, 0.05) is 16.9 Å². The van der Waals surface area contributed by atoms with E-state index in [1.54, 1.807) is 42.5 Å². The number of anilines is 3. The molecular formula is C18H11Cl2N5O. The highest BCUT2D eigenvalue weighted by atomic mass is 35.5. The lowest BCUT2D eigenvalue weighted by Crippen LogP contribution is -2.14. The minimum absolute atomic E-state index is 0.171. The van der Waals surface area contributed by atoms with Crippen LogP contribution < -0.4 is 10.6 Å². The summed E-state index contributed by atoms with van der Waals surface area (Å²) in [5, 5.41) is 15.4. The van der Waals surface area contributed by atoms with Crippen LogP contribution in [0, 0.1) is 11.3 Å². The van der Waals surface area contributed by atoms with Crippen molar-refractivity contribution in [1.82, 2.24) is 9.97 Å². The average molecular weight is 384 g/mol. The quantitative estimate of drug-likeness (QED) is 0.683. The highest BCUT2D eigenvalue weighted by Gasteiger charge is 2.10. The summed E-state index contributed by atoms with van der Waals surface area (Å²) in [5.74, 6) is -0.195. The number of halogens is 2. The molecule has 0 bridgehead atoms. The van der Waals surface area contributed by atoms with Crippen molar-refractivity contribution in [3.63, 3.8) is 0 Å². The molecular weight excluding hydrogens is 373 g/mol. The standard InChI is InChI=1S/C18H11Cl2N5O/c19-12-3-6-14(20)16(9-12)25-18-22-8-7-15(24-18)17(26)23-13-4-1-11(10-21)2-5-13/h1-9H,(H,23,26)(H,22,24,25). The number of nitriles is 1. The number of carbonyl (C=O) groups excluding carboxylic acids is 1. The molecule has 0 aliphatic rings. The lowest BCUT2D eigenvalue weighted by Gasteiger charge is -2.09. The number of hydrogen-bond acceptors (Lipinski definition) is 5. The summed E-state index contributed by atoms with van der Waals surface area (Å²) in [6.45, 7) is 0. The zero-order chi connectivity index (χ0) is 18.5. The molecule has 0 saturated heterocycles. The molecule has 8 heteroatoms. The van der Waals surface area contributed by atoms with Gasteiger partial charge in [0.1, 0.15) is 5.69 Å². The van der Waals surface area contributed by atoms with Crippen LogP contribution in [0.5, 0.6) is 0 Å². The molecule has 0 saturated carbocycles. The summed E-state index contributed by atoms with van der Waals surface area (Å²) < 4.78 is 0. The predicted octanol–water partition coefficient (Wildman–Crippen LogP) is 4.65.